The average Bonchev–Trinajstić information content (AvgIpc) is 2.85. The molecular weight excluding hydrogens is 261 g/mol. The second-order valence-corrected chi connectivity index (χ2v) is 4.61. The highest BCUT2D eigenvalue weighted by atomic mass is 19.1. The molecule has 0 spiro atoms. The van der Waals surface area contributed by atoms with E-state index in [1.165, 1.54) is 12.1 Å². The largest absolute Gasteiger partial charge is 0.485 e. The Bertz CT molecular complexity index is 569. The molecule has 2 aromatic rings. The van der Waals surface area contributed by atoms with Crippen molar-refractivity contribution in [3.8, 4) is 5.75 Å². The van der Waals surface area contributed by atoms with E-state index in [0.29, 0.717) is 23.0 Å². The first-order chi connectivity index (χ1) is 9.60. The summed E-state index contributed by atoms with van der Waals surface area (Å²) in [5.74, 6) is 1.25. The molecule has 0 saturated carbocycles. The average molecular weight is 279 g/mol. The van der Waals surface area contributed by atoms with Gasteiger partial charge in [0.1, 0.15) is 11.6 Å². The summed E-state index contributed by atoms with van der Waals surface area (Å²) in [6.45, 7) is 3.97. The summed E-state index contributed by atoms with van der Waals surface area (Å²) >= 11 is 0. The highest BCUT2D eigenvalue weighted by molar-refractivity contribution is 5.36. The van der Waals surface area contributed by atoms with Crippen LogP contribution in [0.1, 0.15) is 43.6 Å². The summed E-state index contributed by atoms with van der Waals surface area (Å²) in [6.07, 6.45) is 1.68. The lowest BCUT2D eigenvalue weighted by Crippen LogP contribution is -2.09. The van der Waals surface area contributed by atoms with Crippen LogP contribution in [-0.2, 0) is 13.0 Å². The molecule has 0 amide bonds. The Morgan fingerprint density at radius 2 is 2.25 bits per heavy atom. The number of rotatable bonds is 6. The fraction of sp³-hybridized carbons (Fsp3) is 0.429. The number of aromatic nitrogens is 2. The lowest BCUT2D eigenvalue weighted by molar-refractivity contribution is 0.281. The number of nitrogens with two attached hydrogens (primary N) is 1. The van der Waals surface area contributed by atoms with E-state index >= 15 is 0 Å². The normalized spacial score (nSPS) is 12.4. The first kappa shape index (κ1) is 14.5. The van der Waals surface area contributed by atoms with Crippen LogP contribution in [0.5, 0.6) is 5.75 Å². The highest BCUT2D eigenvalue weighted by Crippen LogP contribution is 2.25. The third-order valence-corrected chi connectivity index (χ3v) is 2.79. The van der Waals surface area contributed by atoms with Crippen LogP contribution >= 0.6 is 0 Å². The molecule has 0 unspecified atom stereocenters. The maximum absolute atomic E-state index is 13.2. The van der Waals surface area contributed by atoms with Gasteiger partial charge in [0.2, 0.25) is 11.7 Å². The Kier molecular flexibility index (Phi) is 4.68. The topological polar surface area (TPSA) is 74.2 Å². The van der Waals surface area contributed by atoms with E-state index in [4.69, 9.17) is 15.0 Å². The second kappa shape index (κ2) is 6.47. The van der Waals surface area contributed by atoms with E-state index < -0.39 is 0 Å². The minimum absolute atomic E-state index is 0.165. The molecule has 2 N–H and O–H groups in total. The van der Waals surface area contributed by atoms with Gasteiger partial charge >= 0.3 is 0 Å². The Morgan fingerprint density at radius 3 is 2.95 bits per heavy atom. The number of hydrogen-bond acceptors (Lipinski definition) is 5. The monoisotopic (exact) mass is 279 g/mol. The van der Waals surface area contributed by atoms with Gasteiger partial charge in [-0.25, -0.2) is 4.39 Å². The van der Waals surface area contributed by atoms with Crippen LogP contribution in [0.15, 0.2) is 22.7 Å². The van der Waals surface area contributed by atoms with Crippen LogP contribution in [0.4, 0.5) is 4.39 Å². The Morgan fingerprint density at radius 1 is 1.45 bits per heavy atom. The lowest BCUT2D eigenvalue weighted by atomic mass is 10.1. The molecule has 0 bridgehead atoms. The first-order valence-electron chi connectivity index (χ1n) is 6.59. The smallest absolute Gasteiger partial charge is 0.226 e. The molecule has 5 nitrogen and oxygen atoms in total. The third kappa shape index (κ3) is 3.54. The van der Waals surface area contributed by atoms with Crippen molar-refractivity contribution in [3.05, 3.63) is 41.3 Å². The van der Waals surface area contributed by atoms with Crippen molar-refractivity contribution in [2.24, 2.45) is 5.73 Å². The maximum Gasteiger partial charge on any atom is 0.226 e. The van der Waals surface area contributed by atoms with Crippen LogP contribution in [0, 0.1) is 5.82 Å². The van der Waals surface area contributed by atoms with Crippen molar-refractivity contribution >= 4 is 0 Å². The van der Waals surface area contributed by atoms with Gasteiger partial charge in [-0.05, 0) is 31.5 Å². The predicted molar refractivity (Wildman–Crippen MR) is 71.6 cm³/mol. The van der Waals surface area contributed by atoms with E-state index in [9.17, 15) is 4.39 Å². The third-order valence-electron chi connectivity index (χ3n) is 2.79. The van der Waals surface area contributed by atoms with Gasteiger partial charge in [-0.2, -0.15) is 4.98 Å². The molecule has 20 heavy (non-hydrogen) atoms. The number of hydrogen-bond donors (Lipinski definition) is 1. The van der Waals surface area contributed by atoms with Crippen molar-refractivity contribution < 1.29 is 13.7 Å². The zero-order valence-corrected chi connectivity index (χ0v) is 11.6. The molecule has 2 rings (SSSR count). The van der Waals surface area contributed by atoms with Gasteiger partial charge in [0.25, 0.3) is 0 Å². The summed E-state index contributed by atoms with van der Waals surface area (Å²) in [6, 6.07) is 3.95. The SMILES string of the molecule is CCCc1nc(COc2ccc(F)cc2[C@H](C)N)no1. The molecule has 6 heteroatoms. The lowest BCUT2D eigenvalue weighted by Gasteiger charge is -2.12. The Hall–Kier alpha value is -1.95. The molecule has 108 valence electrons. The molecule has 0 radical (unpaired) electrons. The van der Waals surface area contributed by atoms with Gasteiger partial charge in [-0.3, -0.25) is 0 Å². The summed E-state index contributed by atoms with van der Waals surface area (Å²) in [7, 11) is 0. The zero-order valence-electron chi connectivity index (χ0n) is 11.6. The number of halogens is 1. The maximum atomic E-state index is 13.2. The van der Waals surface area contributed by atoms with E-state index in [-0.39, 0.29) is 18.5 Å². The molecule has 0 aliphatic heterocycles. The number of aryl methyl sites for hydroxylation is 1. The summed E-state index contributed by atoms with van der Waals surface area (Å²) in [4.78, 5) is 4.20. The van der Waals surface area contributed by atoms with Crippen molar-refractivity contribution in [2.75, 3.05) is 0 Å². The fourth-order valence-electron chi connectivity index (χ4n) is 1.81. The van der Waals surface area contributed by atoms with Crippen LogP contribution in [0.25, 0.3) is 0 Å². The quantitative estimate of drug-likeness (QED) is 0.880. The number of nitrogens with zero attached hydrogens (tertiary/aromatic N) is 2. The van der Waals surface area contributed by atoms with Crippen LogP contribution in [-0.4, -0.2) is 10.1 Å². The fourth-order valence-corrected chi connectivity index (χ4v) is 1.81. The molecule has 1 atom stereocenters. The minimum Gasteiger partial charge on any atom is -0.485 e. The zero-order chi connectivity index (χ0) is 14.5. The van der Waals surface area contributed by atoms with Gasteiger partial charge in [-0.15, -0.1) is 0 Å². The van der Waals surface area contributed by atoms with Crippen LogP contribution < -0.4 is 10.5 Å². The Balaban J connectivity index is 2.06. The van der Waals surface area contributed by atoms with Crippen LogP contribution in [0.2, 0.25) is 0 Å². The standard InChI is InChI=1S/C14H18FN3O2/c1-3-4-14-17-13(18-20-14)8-19-12-6-5-10(15)7-11(12)9(2)16/h5-7,9H,3-4,8,16H2,1-2H3/t9-/m0/s1. The minimum atomic E-state index is -0.338. The first-order valence-corrected chi connectivity index (χ1v) is 6.59. The summed E-state index contributed by atoms with van der Waals surface area (Å²) in [5.41, 5.74) is 6.41. The highest BCUT2D eigenvalue weighted by Gasteiger charge is 2.11. The molecule has 1 heterocycles. The molecule has 0 aliphatic carbocycles. The van der Waals surface area contributed by atoms with Gasteiger partial charge in [-0.1, -0.05) is 12.1 Å². The van der Waals surface area contributed by atoms with Gasteiger partial charge < -0.3 is 15.0 Å². The number of ether oxygens (including phenoxy) is 1. The Labute approximate surface area is 116 Å². The van der Waals surface area contributed by atoms with Crippen molar-refractivity contribution in [3.63, 3.8) is 0 Å². The molecule has 0 fully saturated rings. The summed E-state index contributed by atoms with van der Waals surface area (Å²) in [5, 5.41) is 3.83. The predicted octanol–water partition coefficient (Wildman–Crippen LogP) is 2.76. The molecule has 1 aromatic carbocycles. The van der Waals surface area contributed by atoms with Gasteiger partial charge in [0, 0.05) is 18.0 Å². The number of benzene rings is 1. The molecular formula is C14H18FN3O2. The van der Waals surface area contributed by atoms with E-state index in [1.807, 2.05) is 6.92 Å². The van der Waals surface area contributed by atoms with E-state index in [2.05, 4.69) is 10.1 Å². The molecule has 1 aromatic heterocycles. The van der Waals surface area contributed by atoms with E-state index in [0.717, 1.165) is 12.8 Å². The summed E-state index contributed by atoms with van der Waals surface area (Å²) < 4.78 is 23.9. The molecule has 0 aliphatic rings. The van der Waals surface area contributed by atoms with Gasteiger partial charge in [0.15, 0.2) is 6.61 Å². The van der Waals surface area contributed by atoms with Gasteiger partial charge in [0.05, 0.1) is 0 Å². The van der Waals surface area contributed by atoms with Crippen molar-refractivity contribution in [2.45, 2.75) is 39.3 Å². The van der Waals surface area contributed by atoms with Crippen LogP contribution in [0.3, 0.4) is 0 Å². The second-order valence-electron chi connectivity index (χ2n) is 4.61. The van der Waals surface area contributed by atoms with E-state index in [1.54, 1.807) is 13.0 Å². The molecule has 0 saturated heterocycles. The van der Waals surface area contributed by atoms with Crippen molar-refractivity contribution in [1.82, 2.24) is 10.1 Å². The van der Waals surface area contributed by atoms with Crippen molar-refractivity contribution in [1.29, 1.82) is 0 Å².